The first-order chi connectivity index (χ1) is 43.8. The highest BCUT2D eigenvalue weighted by Gasteiger charge is 2.52. The number of fused-ring (bicyclic) bond motifs is 20. The Hall–Kier alpha value is -10.8. The predicted molar refractivity (Wildman–Crippen MR) is 343 cm³/mol. The van der Waals surface area contributed by atoms with Crippen molar-refractivity contribution in [2.75, 3.05) is 9.80 Å². The minimum absolute atomic E-state index is 0.00269. The van der Waals surface area contributed by atoms with Gasteiger partial charge in [-0.15, -0.1) is 0 Å². The first kappa shape index (κ1) is 54.5. The molecule has 0 saturated carbocycles. The van der Waals surface area contributed by atoms with Crippen molar-refractivity contribution in [1.29, 1.82) is 0 Å². The molecule has 0 fully saturated rings. The van der Waals surface area contributed by atoms with Gasteiger partial charge in [-0.2, -0.15) is 0 Å². The Morgan fingerprint density at radius 3 is 1.03 bits per heavy atom. The van der Waals surface area contributed by atoms with Gasteiger partial charge in [-0.3, -0.25) is 0 Å². The van der Waals surface area contributed by atoms with E-state index in [0.29, 0.717) is 89.8 Å². The van der Waals surface area contributed by atoms with Crippen molar-refractivity contribution in [3.63, 3.8) is 0 Å². The number of benzene rings is 12. The van der Waals surface area contributed by atoms with Crippen LogP contribution in [0, 0.1) is 46.5 Å². The molecule has 2 unspecified atom stereocenters. The van der Waals surface area contributed by atoms with Gasteiger partial charge in [0.1, 0.15) is 11.6 Å². The highest BCUT2D eigenvalue weighted by Crippen LogP contribution is 2.61. The van der Waals surface area contributed by atoms with E-state index in [1.54, 1.807) is 60.7 Å². The third kappa shape index (κ3) is 7.82. The molecule has 0 amide bonds. The van der Waals surface area contributed by atoms with Crippen LogP contribution >= 0.6 is 0 Å². The van der Waals surface area contributed by atoms with Crippen LogP contribution in [0.3, 0.4) is 0 Å². The lowest BCUT2D eigenvalue weighted by Gasteiger charge is -2.35. The Morgan fingerprint density at radius 2 is 0.644 bits per heavy atom. The lowest BCUT2D eigenvalue weighted by Crippen LogP contribution is -2.33. The summed E-state index contributed by atoms with van der Waals surface area (Å²) in [5.74, 6) is -12.4. The fourth-order valence-corrected chi connectivity index (χ4v) is 14.9. The third-order valence-corrected chi connectivity index (χ3v) is 18.9. The van der Waals surface area contributed by atoms with E-state index in [1.165, 1.54) is 12.1 Å². The van der Waals surface area contributed by atoms with Crippen LogP contribution in [0.4, 0.5) is 69.2 Å². The summed E-state index contributed by atoms with van der Waals surface area (Å²) in [6.07, 6.45) is 3.39. The van der Waals surface area contributed by atoms with Gasteiger partial charge in [0.2, 0.25) is 0 Å². The van der Waals surface area contributed by atoms with Crippen LogP contribution in [0.1, 0.15) is 55.6 Å². The quantitative estimate of drug-likeness (QED) is 0.0807. The maximum absolute atomic E-state index is 18.0. The van der Waals surface area contributed by atoms with E-state index >= 15 is 35.1 Å². The van der Waals surface area contributed by atoms with Gasteiger partial charge in [-0.25, -0.2) is 35.1 Å². The molecule has 16 rings (SSSR count). The van der Waals surface area contributed by atoms with Gasteiger partial charge in [-0.1, -0.05) is 183 Å². The van der Waals surface area contributed by atoms with Crippen LogP contribution in [-0.2, 0) is 23.7 Å². The lowest BCUT2D eigenvalue weighted by molar-refractivity contribution is 0.410. The number of nitrogens with zero attached hydrogens (tertiary/aromatic N) is 2. The molecule has 90 heavy (non-hydrogen) atoms. The monoisotopic (exact) mass is 1190 g/mol. The standard InChI is InChI=1S/C80H48F8N2/c1-3-45-19-23-47(24-20-45)43-79-63-17-7-5-15-59(63)61-37-35-57(41-65(61)79)89(55-13-9-11-51(39-55)67-71(81)69(79)75(85)77(87)73(67)83)53-31-27-49(28-32-53)50-29-33-54(34-30-50)90-56-14-10-12-52(40-56)68-72(82)70(76(86)78(88)74(68)84)80(44-48-25-21-46(4-2)22-26-48)64-18-8-6-16-60(64)62-38-36-58(90)42-66(62)80/h3-42H,1-2,43-44H2. The molecule has 12 bridgehead atoms. The zero-order valence-corrected chi connectivity index (χ0v) is 47.8. The Bertz CT molecular complexity index is 4720. The first-order valence-electron chi connectivity index (χ1n) is 29.5. The van der Waals surface area contributed by atoms with Crippen molar-refractivity contribution < 1.29 is 35.1 Å². The normalized spacial score (nSPS) is 16.0. The SMILES string of the molecule is C=Cc1ccc(CC23c4ccccc4-c4ccc(cc42)N(c2ccc(-c4ccc(N5c6cccc(c6)-c6c(F)c(F)c(F)c(c6F)C6(Cc7ccc(C=C)cc7)c7ccccc7-c7ccc5cc76)cc4)cc2)c2cccc(c2)-c2c(F)c(F)c(F)c3c2F)cc1. The minimum atomic E-state index is -1.77. The van der Waals surface area contributed by atoms with Crippen molar-refractivity contribution in [3.8, 4) is 55.6 Å². The van der Waals surface area contributed by atoms with Gasteiger partial charge in [0.15, 0.2) is 34.9 Å². The van der Waals surface area contributed by atoms with E-state index in [9.17, 15) is 0 Å². The van der Waals surface area contributed by atoms with Crippen molar-refractivity contribution >= 4 is 46.3 Å². The minimum Gasteiger partial charge on any atom is -0.310 e. The number of hydrogen-bond donors (Lipinski definition) is 0. The summed E-state index contributed by atoms with van der Waals surface area (Å²) in [6.45, 7) is 7.78. The second-order valence-corrected chi connectivity index (χ2v) is 23.5. The molecule has 4 aliphatic rings. The van der Waals surface area contributed by atoms with Crippen molar-refractivity contribution in [2.45, 2.75) is 23.7 Å². The molecule has 2 aliphatic carbocycles. The molecule has 10 heteroatoms. The van der Waals surface area contributed by atoms with E-state index in [4.69, 9.17) is 0 Å². The Morgan fingerprint density at radius 1 is 0.289 bits per heavy atom. The van der Waals surface area contributed by atoms with Gasteiger partial charge < -0.3 is 9.80 Å². The van der Waals surface area contributed by atoms with E-state index in [-0.39, 0.29) is 24.0 Å². The van der Waals surface area contributed by atoms with Gasteiger partial charge >= 0.3 is 0 Å². The van der Waals surface area contributed by atoms with Crippen LogP contribution in [0.5, 0.6) is 0 Å². The Kier molecular flexibility index (Phi) is 12.3. The lowest BCUT2D eigenvalue weighted by atomic mass is 9.67. The van der Waals surface area contributed by atoms with E-state index < -0.39 is 79.6 Å². The smallest absolute Gasteiger partial charge is 0.195 e. The number of anilines is 6. The van der Waals surface area contributed by atoms with E-state index in [2.05, 4.69) is 13.2 Å². The Labute approximate surface area is 513 Å². The number of hydrogen-bond acceptors (Lipinski definition) is 2. The fourth-order valence-electron chi connectivity index (χ4n) is 14.9. The summed E-state index contributed by atoms with van der Waals surface area (Å²) in [7, 11) is 0. The maximum atomic E-state index is 18.0. The number of rotatable bonds is 9. The molecule has 2 aliphatic heterocycles. The van der Waals surface area contributed by atoms with Crippen LogP contribution < -0.4 is 9.80 Å². The van der Waals surface area contributed by atoms with Crippen molar-refractivity contribution in [1.82, 2.24) is 0 Å². The van der Waals surface area contributed by atoms with Crippen molar-refractivity contribution in [3.05, 3.63) is 346 Å². The second-order valence-electron chi connectivity index (χ2n) is 23.5. The van der Waals surface area contributed by atoms with Gasteiger partial charge in [0, 0.05) is 45.3 Å². The summed E-state index contributed by atoms with van der Waals surface area (Å²) >= 11 is 0. The Balaban J connectivity index is 0.824. The van der Waals surface area contributed by atoms with Gasteiger partial charge in [0.25, 0.3) is 0 Å². The molecular formula is C80H48F8N2. The summed E-state index contributed by atoms with van der Waals surface area (Å²) in [6, 6.07) is 69.7. The average molecular weight is 1190 g/mol. The van der Waals surface area contributed by atoms with Crippen LogP contribution in [-0.4, -0.2) is 0 Å². The molecule has 2 atom stereocenters. The summed E-state index contributed by atoms with van der Waals surface area (Å²) in [4.78, 5) is 3.92. The zero-order chi connectivity index (χ0) is 61.5. The number of halogens is 8. The first-order valence-corrected chi connectivity index (χ1v) is 29.5. The van der Waals surface area contributed by atoms with Crippen LogP contribution in [0.25, 0.3) is 67.8 Å². The summed E-state index contributed by atoms with van der Waals surface area (Å²) in [5.41, 5.74) is 7.39. The average Bonchev–Trinajstić information content (AvgIpc) is 1.51. The van der Waals surface area contributed by atoms with E-state index in [0.717, 1.165) is 22.3 Å². The molecule has 0 spiro atoms. The molecule has 0 radical (unpaired) electrons. The predicted octanol–water partition coefficient (Wildman–Crippen LogP) is 21.8. The molecule has 12 aromatic rings. The zero-order valence-electron chi connectivity index (χ0n) is 47.8. The third-order valence-electron chi connectivity index (χ3n) is 18.9. The van der Waals surface area contributed by atoms with Crippen LogP contribution in [0.2, 0.25) is 0 Å². The highest BCUT2D eigenvalue weighted by atomic mass is 19.2. The van der Waals surface area contributed by atoms with Crippen LogP contribution in [0.15, 0.2) is 244 Å². The molecule has 0 aromatic heterocycles. The largest absolute Gasteiger partial charge is 0.310 e. The molecule has 0 N–H and O–H groups in total. The van der Waals surface area contributed by atoms with Gasteiger partial charge in [0.05, 0.1) is 22.0 Å². The fraction of sp³-hybridized carbons (Fsp3) is 0.0500. The topological polar surface area (TPSA) is 6.48 Å². The van der Waals surface area contributed by atoms with Crippen molar-refractivity contribution in [2.24, 2.45) is 0 Å². The molecular weight excluding hydrogens is 1140 g/mol. The van der Waals surface area contributed by atoms with Gasteiger partial charge in [-0.05, 0) is 175 Å². The molecule has 2 nitrogen and oxygen atoms in total. The maximum Gasteiger partial charge on any atom is 0.195 e. The molecule has 434 valence electrons. The molecule has 2 heterocycles. The second kappa shape index (κ2) is 20.4. The highest BCUT2D eigenvalue weighted by molar-refractivity contribution is 5.92. The summed E-state index contributed by atoms with van der Waals surface area (Å²) in [5, 5.41) is 0. The van der Waals surface area contributed by atoms with E-state index in [1.807, 2.05) is 180 Å². The molecule has 0 saturated heterocycles. The summed E-state index contributed by atoms with van der Waals surface area (Å²) < 4.78 is 136. The molecule has 12 aromatic carbocycles.